The van der Waals surface area contributed by atoms with Gasteiger partial charge in [-0.3, -0.25) is 9.69 Å². The Hall–Kier alpha value is -1.59. The van der Waals surface area contributed by atoms with Crippen LogP contribution in [0.2, 0.25) is 10.0 Å². The van der Waals surface area contributed by atoms with Gasteiger partial charge in [0.15, 0.2) is 5.78 Å². The Kier molecular flexibility index (Phi) is 6.92. The third-order valence-corrected chi connectivity index (χ3v) is 5.00. The smallest absolute Gasteiger partial charge is 0.196 e. The quantitative estimate of drug-likeness (QED) is 0.681. The standard InChI is InChI=1S/C21H25Cl2NO3/c1-21(2,3)15-11-13(10-14(19(15)26)12-24(4)8-9-25)20(27)18-16(22)6-5-7-17(18)23/h5-7,10-11,25-26H,8-9,12H2,1-4H3. The van der Waals surface area contributed by atoms with Crippen molar-refractivity contribution in [2.45, 2.75) is 32.7 Å². The first kappa shape index (κ1) is 21.7. The predicted octanol–water partition coefficient (Wildman–Crippen LogP) is 4.65. The van der Waals surface area contributed by atoms with E-state index in [0.29, 0.717) is 29.8 Å². The molecule has 2 aromatic carbocycles. The van der Waals surface area contributed by atoms with Crippen LogP contribution in [0.1, 0.15) is 47.8 Å². The number of aliphatic hydroxyl groups is 1. The number of nitrogens with zero attached hydrogens (tertiary/aromatic N) is 1. The van der Waals surface area contributed by atoms with Gasteiger partial charge in [0.2, 0.25) is 0 Å². The van der Waals surface area contributed by atoms with Gasteiger partial charge in [0.1, 0.15) is 5.75 Å². The van der Waals surface area contributed by atoms with Crippen LogP contribution in [0.25, 0.3) is 0 Å². The Morgan fingerprint density at radius 2 is 1.74 bits per heavy atom. The zero-order chi connectivity index (χ0) is 20.4. The van der Waals surface area contributed by atoms with E-state index in [0.717, 1.165) is 0 Å². The molecule has 0 aromatic heterocycles. The van der Waals surface area contributed by atoms with Gasteiger partial charge in [-0.05, 0) is 36.7 Å². The van der Waals surface area contributed by atoms with Crippen molar-refractivity contribution >= 4 is 29.0 Å². The summed E-state index contributed by atoms with van der Waals surface area (Å²) in [7, 11) is 1.84. The number of hydrogen-bond donors (Lipinski definition) is 2. The van der Waals surface area contributed by atoms with Crippen molar-refractivity contribution < 1.29 is 15.0 Å². The fourth-order valence-corrected chi connectivity index (χ4v) is 3.49. The van der Waals surface area contributed by atoms with E-state index < -0.39 is 0 Å². The van der Waals surface area contributed by atoms with Gasteiger partial charge in [-0.2, -0.15) is 0 Å². The molecule has 27 heavy (non-hydrogen) atoms. The van der Waals surface area contributed by atoms with Gasteiger partial charge in [-0.25, -0.2) is 0 Å². The van der Waals surface area contributed by atoms with Crippen molar-refractivity contribution in [3.63, 3.8) is 0 Å². The number of carbonyl (C=O) groups is 1. The van der Waals surface area contributed by atoms with Crippen molar-refractivity contribution in [3.8, 4) is 5.75 Å². The van der Waals surface area contributed by atoms with Crippen molar-refractivity contribution in [2.75, 3.05) is 20.2 Å². The molecule has 0 atom stereocenters. The van der Waals surface area contributed by atoms with Crippen molar-refractivity contribution in [2.24, 2.45) is 0 Å². The highest BCUT2D eigenvalue weighted by molar-refractivity contribution is 6.41. The molecule has 0 fully saturated rings. The molecule has 0 heterocycles. The second kappa shape index (κ2) is 8.61. The van der Waals surface area contributed by atoms with E-state index in [1.54, 1.807) is 30.3 Å². The van der Waals surface area contributed by atoms with E-state index in [-0.39, 0.29) is 39.2 Å². The number of rotatable bonds is 6. The van der Waals surface area contributed by atoms with Crippen LogP contribution in [0.5, 0.6) is 5.75 Å². The molecular weight excluding hydrogens is 385 g/mol. The summed E-state index contributed by atoms with van der Waals surface area (Å²) in [6.07, 6.45) is 0. The third kappa shape index (κ3) is 5.02. The maximum Gasteiger partial charge on any atom is 0.196 e. The number of ketones is 1. The normalized spacial score (nSPS) is 11.9. The number of likely N-dealkylation sites (N-methyl/N-ethyl adjacent to an activating group) is 1. The fourth-order valence-electron chi connectivity index (χ4n) is 2.92. The van der Waals surface area contributed by atoms with Crippen LogP contribution in [-0.2, 0) is 12.0 Å². The van der Waals surface area contributed by atoms with Crippen LogP contribution in [-0.4, -0.2) is 41.1 Å². The zero-order valence-corrected chi connectivity index (χ0v) is 17.5. The van der Waals surface area contributed by atoms with Gasteiger partial charge >= 0.3 is 0 Å². The average Bonchev–Trinajstić information content (AvgIpc) is 2.55. The highest BCUT2D eigenvalue weighted by Crippen LogP contribution is 2.36. The molecule has 0 amide bonds. The molecule has 0 bridgehead atoms. The van der Waals surface area contributed by atoms with E-state index in [9.17, 15) is 9.90 Å². The first-order valence-electron chi connectivity index (χ1n) is 8.70. The molecule has 6 heteroatoms. The number of phenols is 1. The molecule has 0 saturated heterocycles. The monoisotopic (exact) mass is 409 g/mol. The predicted molar refractivity (Wildman–Crippen MR) is 110 cm³/mol. The molecule has 0 spiro atoms. The van der Waals surface area contributed by atoms with Crippen LogP contribution < -0.4 is 0 Å². The minimum atomic E-state index is -0.366. The van der Waals surface area contributed by atoms with Crippen LogP contribution in [0, 0.1) is 0 Å². The van der Waals surface area contributed by atoms with Crippen LogP contribution >= 0.6 is 23.2 Å². The van der Waals surface area contributed by atoms with Crippen LogP contribution in [0.3, 0.4) is 0 Å². The van der Waals surface area contributed by atoms with Gasteiger partial charge in [-0.1, -0.05) is 50.0 Å². The minimum absolute atomic E-state index is 0.0112. The first-order chi connectivity index (χ1) is 12.6. The lowest BCUT2D eigenvalue weighted by atomic mass is 9.83. The lowest BCUT2D eigenvalue weighted by Gasteiger charge is -2.25. The number of halogens is 2. The number of hydrogen-bond acceptors (Lipinski definition) is 4. The van der Waals surface area contributed by atoms with Crippen LogP contribution in [0.4, 0.5) is 0 Å². The second-order valence-corrected chi connectivity index (χ2v) is 8.48. The lowest BCUT2D eigenvalue weighted by molar-refractivity contribution is 0.103. The van der Waals surface area contributed by atoms with E-state index in [4.69, 9.17) is 28.3 Å². The summed E-state index contributed by atoms with van der Waals surface area (Å²) in [5, 5.41) is 20.5. The molecule has 0 aliphatic carbocycles. The summed E-state index contributed by atoms with van der Waals surface area (Å²) in [6.45, 7) is 6.78. The molecule has 0 aliphatic rings. The lowest BCUT2D eigenvalue weighted by Crippen LogP contribution is -2.23. The largest absolute Gasteiger partial charge is 0.507 e. The number of carbonyl (C=O) groups excluding carboxylic acids is 1. The third-order valence-electron chi connectivity index (χ3n) is 4.37. The molecule has 2 N–H and O–H groups in total. The van der Waals surface area contributed by atoms with Gasteiger partial charge in [0.25, 0.3) is 0 Å². The molecule has 146 valence electrons. The molecule has 0 unspecified atom stereocenters. The topological polar surface area (TPSA) is 60.8 Å². The fraction of sp³-hybridized carbons (Fsp3) is 0.381. The summed E-state index contributed by atoms with van der Waals surface area (Å²) < 4.78 is 0. The van der Waals surface area contributed by atoms with Gasteiger partial charge in [0, 0.05) is 29.8 Å². The maximum absolute atomic E-state index is 13.1. The summed E-state index contributed by atoms with van der Waals surface area (Å²) >= 11 is 12.4. The highest BCUT2D eigenvalue weighted by atomic mass is 35.5. The van der Waals surface area contributed by atoms with E-state index in [1.165, 1.54) is 0 Å². The molecule has 0 radical (unpaired) electrons. The molecule has 2 rings (SSSR count). The second-order valence-electron chi connectivity index (χ2n) is 7.67. The Labute approximate surface area is 170 Å². The van der Waals surface area contributed by atoms with Gasteiger partial charge in [0.05, 0.1) is 22.2 Å². The molecule has 0 saturated carbocycles. The van der Waals surface area contributed by atoms with E-state index in [2.05, 4.69) is 0 Å². The average molecular weight is 410 g/mol. The summed E-state index contributed by atoms with van der Waals surface area (Å²) in [5.74, 6) is -0.128. The Morgan fingerprint density at radius 1 is 1.15 bits per heavy atom. The van der Waals surface area contributed by atoms with Gasteiger partial charge in [-0.15, -0.1) is 0 Å². The van der Waals surface area contributed by atoms with Crippen molar-refractivity contribution in [1.29, 1.82) is 0 Å². The summed E-state index contributed by atoms with van der Waals surface area (Å²) in [5.41, 5.74) is 1.59. The van der Waals surface area contributed by atoms with Crippen molar-refractivity contribution in [3.05, 3.63) is 62.6 Å². The van der Waals surface area contributed by atoms with E-state index >= 15 is 0 Å². The number of aromatic hydroxyl groups is 1. The highest BCUT2D eigenvalue weighted by Gasteiger charge is 2.25. The summed E-state index contributed by atoms with van der Waals surface area (Å²) in [6, 6.07) is 8.31. The maximum atomic E-state index is 13.1. The number of benzene rings is 2. The summed E-state index contributed by atoms with van der Waals surface area (Å²) in [4.78, 5) is 15.0. The molecule has 2 aromatic rings. The molecular formula is C21H25Cl2NO3. The minimum Gasteiger partial charge on any atom is -0.507 e. The Bertz CT molecular complexity index is 824. The van der Waals surface area contributed by atoms with Crippen LogP contribution in [0.15, 0.2) is 30.3 Å². The SMILES string of the molecule is CN(CCO)Cc1cc(C(=O)c2c(Cl)cccc2Cl)cc(C(C)(C)C)c1O. The zero-order valence-electron chi connectivity index (χ0n) is 16.0. The number of phenolic OH excluding ortho intramolecular Hbond substituents is 1. The Morgan fingerprint density at radius 3 is 2.26 bits per heavy atom. The Balaban J connectivity index is 2.61. The van der Waals surface area contributed by atoms with Crippen molar-refractivity contribution in [1.82, 2.24) is 4.90 Å². The number of aliphatic hydroxyl groups excluding tert-OH is 1. The molecule has 4 nitrogen and oxygen atoms in total. The first-order valence-corrected chi connectivity index (χ1v) is 9.46. The van der Waals surface area contributed by atoms with E-state index in [1.807, 2.05) is 32.7 Å². The molecule has 0 aliphatic heterocycles. The van der Waals surface area contributed by atoms with Gasteiger partial charge < -0.3 is 10.2 Å².